The second kappa shape index (κ2) is 9.21. The molecule has 0 saturated carbocycles. The SMILES string of the molecule is Cc1cc(C)c(C)c(OC(C)C(=O)Nc2nnc(SCc3ccccc3)s2)c1. The highest BCUT2D eigenvalue weighted by atomic mass is 32.2. The second-order valence-corrected chi connectivity index (χ2v) is 8.80. The summed E-state index contributed by atoms with van der Waals surface area (Å²) >= 11 is 2.97. The van der Waals surface area contributed by atoms with Crippen molar-refractivity contribution < 1.29 is 9.53 Å². The average molecular weight is 414 g/mol. The third kappa shape index (κ3) is 5.33. The monoisotopic (exact) mass is 413 g/mol. The predicted molar refractivity (Wildman–Crippen MR) is 115 cm³/mol. The molecule has 0 aliphatic carbocycles. The normalized spacial score (nSPS) is 11.9. The molecule has 1 unspecified atom stereocenters. The molecule has 5 nitrogen and oxygen atoms in total. The van der Waals surface area contributed by atoms with E-state index in [1.54, 1.807) is 18.7 Å². The zero-order valence-electron chi connectivity index (χ0n) is 16.4. The number of anilines is 1. The quantitative estimate of drug-likeness (QED) is 0.428. The van der Waals surface area contributed by atoms with Gasteiger partial charge in [0, 0.05) is 5.75 Å². The molecule has 3 aromatic rings. The Labute approximate surface area is 173 Å². The van der Waals surface area contributed by atoms with Crippen molar-refractivity contribution in [2.45, 2.75) is 43.9 Å². The molecule has 1 amide bonds. The molecular weight excluding hydrogens is 390 g/mol. The van der Waals surface area contributed by atoms with Crippen LogP contribution in [0.4, 0.5) is 5.13 Å². The third-order valence-corrected chi connectivity index (χ3v) is 6.32. The lowest BCUT2D eigenvalue weighted by Gasteiger charge is -2.17. The molecule has 0 spiro atoms. The Morgan fingerprint density at radius 3 is 2.68 bits per heavy atom. The molecule has 0 fully saturated rings. The Bertz CT molecular complexity index is 958. The topological polar surface area (TPSA) is 64.1 Å². The van der Waals surface area contributed by atoms with E-state index < -0.39 is 6.10 Å². The fourth-order valence-corrected chi connectivity index (χ4v) is 4.32. The van der Waals surface area contributed by atoms with Crippen LogP contribution in [0.1, 0.15) is 29.2 Å². The van der Waals surface area contributed by atoms with Crippen molar-refractivity contribution in [3.05, 3.63) is 64.7 Å². The van der Waals surface area contributed by atoms with E-state index >= 15 is 0 Å². The van der Waals surface area contributed by atoms with Gasteiger partial charge in [-0.25, -0.2) is 0 Å². The molecule has 0 radical (unpaired) electrons. The maximum atomic E-state index is 12.5. The van der Waals surface area contributed by atoms with Gasteiger partial charge >= 0.3 is 0 Å². The minimum absolute atomic E-state index is 0.241. The van der Waals surface area contributed by atoms with Gasteiger partial charge in [-0.05, 0) is 56.0 Å². The molecule has 7 heteroatoms. The Hall–Kier alpha value is -2.38. The Kier molecular flexibility index (Phi) is 6.70. The van der Waals surface area contributed by atoms with Gasteiger partial charge in [0.25, 0.3) is 5.91 Å². The van der Waals surface area contributed by atoms with Crippen molar-refractivity contribution in [2.24, 2.45) is 0 Å². The summed E-state index contributed by atoms with van der Waals surface area (Å²) in [5.74, 6) is 1.31. The van der Waals surface area contributed by atoms with Crippen molar-refractivity contribution in [1.29, 1.82) is 0 Å². The van der Waals surface area contributed by atoms with Gasteiger partial charge in [-0.1, -0.05) is 59.5 Å². The zero-order chi connectivity index (χ0) is 20.1. The largest absolute Gasteiger partial charge is 0.481 e. The summed E-state index contributed by atoms with van der Waals surface area (Å²) in [5.41, 5.74) is 4.52. The van der Waals surface area contributed by atoms with Crippen LogP contribution < -0.4 is 10.1 Å². The van der Waals surface area contributed by atoms with E-state index in [1.165, 1.54) is 16.9 Å². The maximum Gasteiger partial charge on any atom is 0.266 e. The van der Waals surface area contributed by atoms with Crippen molar-refractivity contribution in [3.63, 3.8) is 0 Å². The number of aryl methyl sites for hydroxylation is 2. The first-order valence-corrected chi connectivity index (χ1v) is 10.8. The van der Waals surface area contributed by atoms with Gasteiger partial charge in [-0.15, -0.1) is 10.2 Å². The summed E-state index contributed by atoms with van der Waals surface area (Å²) < 4.78 is 6.71. The van der Waals surface area contributed by atoms with Crippen LogP contribution in [0, 0.1) is 20.8 Å². The van der Waals surface area contributed by atoms with Gasteiger partial charge in [0.05, 0.1) is 0 Å². The highest BCUT2D eigenvalue weighted by Crippen LogP contribution is 2.29. The Balaban J connectivity index is 1.56. The predicted octanol–water partition coefficient (Wildman–Crippen LogP) is 5.16. The maximum absolute atomic E-state index is 12.5. The molecule has 1 atom stereocenters. The fraction of sp³-hybridized carbons (Fsp3) is 0.286. The van der Waals surface area contributed by atoms with Crippen molar-refractivity contribution >= 4 is 34.1 Å². The number of aromatic nitrogens is 2. The minimum atomic E-state index is -0.635. The minimum Gasteiger partial charge on any atom is -0.481 e. The van der Waals surface area contributed by atoms with Crippen LogP contribution in [0.2, 0.25) is 0 Å². The molecule has 0 aliphatic rings. The van der Waals surface area contributed by atoms with Gasteiger partial charge < -0.3 is 4.74 Å². The molecule has 1 N–H and O–H groups in total. The smallest absolute Gasteiger partial charge is 0.266 e. The Morgan fingerprint density at radius 2 is 1.93 bits per heavy atom. The van der Waals surface area contributed by atoms with E-state index in [0.29, 0.717) is 5.13 Å². The van der Waals surface area contributed by atoms with Crippen molar-refractivity contribution in [2.75, 3.05) is 5.32 Å². The first-order chi connectivity index (χ1) is 13.4. The lowest BCUT2D eigenvalue weighted by molar-refractivity contribution is -0.122. The van der Waals surface area contributed by atoms with E-state index in [4.69, 9.17) is 4.74 Å². The van der Waals surface area contributed by atoms with Crippen molar-refractivity contribution in [1.82, 2.24) is 10.2 Å². The summed E-state index contributed by atoms with van der Waals surface area (Å²) in [4.78, 5) is 12.5. The number of amides is 1. The number of hydrogen-bond acceptors (Lipinski definition) is 6. The molecule has 0 saturated heterocycles. The summed E-state index contributed by atoms with van der Waals surface area (Å²) in [6, 6.07) is 14.2. The molecule has 1 aromatic heterocycles. The summed E-state index contributed by atoms with van der Waals surface area (Å²) in [5, 5.41) is 11.5. The van der Waals surface area contributed by atoms with E-state index in [0.717, 1.165) is 32.5 Å². The number of hydrogen-bond donors (Lipinski definition) is 1. The van der Waals surface area contributed by atoms with Crippen LogP contribution in [-0.4, -0.2) is 22.2 Å². The number of thioether (sulfide) groups is 1. The zero-order valence-corrected chi connectivity index (χ0v) is 18.0. The number of carbonyl (C=O) groups excluding carboxylic acids is 1. The summed E-state index contributed by atoms with van der Waals surface area (Å²) in [6.45, 7) is 7.78. The fourth-order valence-electron chi connectivity index (χ4n) is 2.61. The third-order valence-electron chi connectivity index (χ3n) is 4.28. The number of nitrogens with zero attached hydrogens (tertiary/aromatic N) is 2. The van der Waals surface area contributed by atoms with Gasteiger partial charge in [0.15, 0.2) is 10.4 Å². The van der Waals surface area contributed by atoms with E-state index in [-0.39, 0.29) is 5.91 Å². The van der Waals surface area contributed by atoms with Gasteiger partial charge in [-0.2, -0.15) is 0 Å². The highest BCUT2D eigenvalue weighted by Gasteiger charge is 2.18. The molecule has 0 aliphatic heterocycles. The van der Waals surface area contributed by atoms with Gasteiger partial charge in [0.1, 0.15) is 5.75 Å². The van der Waals surface area contributed by atoms with Gasteiger partial charge in [0.2, 0.25) is 5.13 Å². The van der Waals surface area contributed by atoms with Crippen LogP contribution in [-0.2, 0) is 10.5 Å². The molecule has 0 bridgehead atoms. The van der Waals surface area contributed by atoms with Crippen molar-refractivity contribution in [3.8, 4) is 5.75 Å². The second-order valence-electron chi connectivity index (χ2n) is 6.60. The number of rotatable bonds is 7. The number of benzene rings is 2. The lowest BCUT2D eigenvalue weighted by Crippen LogP contribution is -2.30. The van der Waals surface area contributed by atoms with E-state index in [1.807, 2.05) is 45.0 Å². The first-order valence-electron chi connectivity index (χ1n) is 8.98. The van der Waals surface area contributed by atoms with Crippen LogP contribution >= 0.6 is 23.1 Å². The van der Waals surface area contributed by atoms with E-state index in [9.17, 15) is 4.79 Å². The van der Waals surface area contributed by atoms with Crippen LogP contribution in [0.3, 0.4) is 0 Å². The number of carbonyl (C=O) groups is 1. The lowest BCUT2D eigenvalue weighted by atomic mass is 10.1. The van der Waals surface area contributed by atoms with E-state index in [2.05, 4.69) is 33.7 Å². The van der Waals surface area contributed by atoms with Crippen LogP contribution in [0.15, 0.2) is 46.8 Å². The molecule has 3 rings (SSSR count). The average Bonchev–Trinajstić information content (AvgIpc) is 3.12. The molecule has 28 heavy (non-hydrogen) atoms. The standard InChI is InChI=1S/C21H23N3O2S2/c1-13-10-14(2)15(3)18(11-13)26-16(4)19(25)22-20-23-24-21(28-20)27-12-17-8-6-5-7-9-17/h5-11,16H,12H2,1-4H3,(H,22,23,25). The highest BCUT2D eigenvalue weighted by molar-refractivity contribution is 8.00. The van der Waals surface area contributed by atoms with Gasteiger partial charge in [-0.3, -0.25) is 10.1 Å². The Morgan fingerprint density at radius 1 is 1.18 bits per heavy atom. The molecular formula is C21H23N3O2S2. The van der Waals surface area contributed by atoms with Crippen LogP contribution in [0.25, 0.3) is 0 Å². The molecule has 2 aromatic carbocycles. The summed E-state index contributed by atoms with van der Waals surface area (Å²) in [6.07, 6.45) is -0.635. The first kappa shape index (κ1) is 20.4. The number of ether oxygens (including phenoxy) is 1. The number of nitrogens with one attached hydrogen (secondary N) is 1. The molecule has 146 valence electrons. The molecule has 1 heterocycles. The summed E-state index contributed by atoms with van der Waals surface area (Å²) in [7, 11) is 0. The van der Waals surface area contributed by atoms with Crippen LogP contribution in [0.5, 0.6) is 5.75 Å².